The molecular weight excluding hydrogens is 403 g/mol. The van der Waals surface area contributed by atoms with Gasteiger partial charge in [-0.1, -0.05) is 29.4 Å². The highest BCUT2D eigenvalue weighted by Crippen LogP contribution is 2.24. The van der Waals surface area contributed by atoms with Crippen LogP contribution in [0.2, 0.25) is 5.02 Å². The number of thioether (sulfide) groups is 1. The molecule has 0 unspecified atom stereocenters. The fourth-order valence-electron chi connectivity index (χ4n) is 2.33. The minimum absolute atomic E-state index is 0.164. The second-order valence-corrected chi connectivity index (χ2v) is 7.30. The fraction of sp³-hybridized carbons (Fsp3) is 0.211. The zero-order valence-electron chi connectivity index (χ0n) is 15.3. The summed E-state index contributed by atoms with van der Waals surface area (Å²) in [6.45, 7) is 2.03. The molecule has 0 saturated carbocycles. The Hall–Kier alpha value is -2.58. The van der Waals surface area contributed by atoms with E-state index in [1.54, 1.807) is 41.9 Å². The average Bonchev–Trinajstić information content (AvgIpc) is 3.03. The number of nitrogens with zero attached hydrogens (tertiary/aromatic N) is 3. The molecule has 1 aromatic heterocycles. The molecule has 0 fully saturated rings. The van der Waals surface area contributed by atoms with Crippen LogP contribution in [0.1, 0.15) is 11.4 Å². The Kier molecular flexibility index (Phi) is 6.53. The molecule has 0 bridgehead atoms. The van der Waals surface area contributed by atoms with Crippen molar-refractivity contribution in [2.75, 3.05) is 11.1 Å². The van der Waals surface area contributed by atoms with Crippen LogP contribution >= 0.6 is 23.4 Å². The van der Waals surface area contributed by atoms with Crippen LogP contribution < -0.4 is 10.1 Å². The average molecular weight is 421 g/mol. The highest BCUT2D eigenvalue weighted by molar-refractivity contribution is 7.99. The highest BCUT2D eigenvalue weighted by atomic mass is 35.5. The van der Waals surface area contributed by atoms with Gasteiger partial charge in [0.2, 0.25) is 5.91 Å². The topological polar surface area (TPSA) is 69.0 Å². The lowest BCUT2D eigenvalue weighted by atomic mass is 10.2. The summed E-state index contributed by atoms with van der Waals surface area (Å²) in [5, 5.41) is 12.2. The molecule has 9 heteroatoms. The molecule has 146 valence electrons. The molecule has 2 aromatic carbocycles. The van der Waals surface area contributed by atoms with Crippen molar-refractivity contribution in [1.29, 1.82) is 0 Å². The maximum atomic E-state index is 12.9. The summed E-state index contributed by atoms with van der Waals surface area (Å²) in [7, 11) is 1.80. The number of rotatable bonds is 7. The zero-order chi connectivity index (χ0) is 20.1. The maximum absolute atomic E-state index is 12.9. The summed E-state index contributed by atoms with van der Waals surface area (Å²) in [5.41, 5.74) is 1.51. The van der Waals surface area contributed by atoms with E-state index in [9.17, 15) is 9.18 Å². The largest absolute Gasteiger partial charge is 0.486 e. The van der Waals surface area contributed by atoms with Crippen LogP contribution in [0.25, 0.3) is 0 Å². The van der Waals surface area contributed by atoms with Gasteiger partial charge in [-0.3, -0.25) is 4.79 Å². The molecule has 0 atom stereocenters. The second kappa shape index (κ2) is 9.07. The van der Waals surface area contributed by atoms with Crippen molar-refractivity contribution in [3.8, 4) is 5.75 Å². The van der Waals surface area contributed by atoms with E-state index in [2.05, 4.69) is 15.5 Å². The van der Waals surface area contributed by atoms with E-state index in [4.69, 9.17) is 16.3 Å². The quantitative estimate of drug-likeness (QED) is 0.579. The molecule has 1 N–H and O–H groups in total. The summed E-state index contributed by atoms with van der Waals surface area (Å²) >= 11 is 7.34. The summed E-state index contributed by atoms with van der Waals surface area (Å²) < 4.78 is 20.3. The molecule has 0 spiro atoms. The third-order valence-electron chi connectivity index (χ3n) is 3.98. The van der Waals surface area contributed by atoms with Gasteiger partial charge in [0, 0.05) is 17.8 Å². The van der Waals surface area contributed by atoms with E-state index in [1.807, 2.05) is 6.92 Å². The highest BCUT2D eigenvalue weighted by Gasteiger charge is 2.13. The lowest BCUT2D eigenvalue weighted by molar-refractivity contribution is -0.113. The number of benzene rings is 2. The van der Waals surface area contributed by atoms with Gasteiger partial charge < -0.3 is 14.6 Å². The molecule has 1 amide bonds. The van der Waals surface area contributed by atoms with Gasteiger partial charge in [-0.15, -0.1) is 10.2 Å². The van der Waals surface area contributed by atoms with Crippen molar-refractivity contribution < 1.29 is 13.9 Å². The molecule has 0 saturated heterocycles. The van der Waals surface area contributed by atoms with E-state index in [1.165, 1.54) is 23.9 Å². The minimum Gasteiger partial charge on any atom is -0.486 e. The number of amides is 1. The lowest BCUT2D eigenvalue weighted by Gasteiger charge is -2.09. The van der Waals surface area contributed by atoms with Crippen molar-refractivity contribution in [3.63, 3.8) is 0 Å². The first-order chi connectivity index (χ1) is 13.4. The first-order valence-corrected chi connectivity index (χ1v) is 9.75. The number of hydrogen-bond donors (Lipinski definition) is 1. The van der Waals surface area contributed by atoms with Crippen LogP contribution in [0.5, 0.6) is 5.75 Å². The van der Waals surface area contributed by atoms with Gasteiger partial charge in [-0.05, 0) is 48.9 Å². The molecule has 0 aliphatic rings. The van der Waals surface area contributed by atoms with Crippen LogP contribution in [-0.4, -0.2) is 26.4 Å². The van der Waals surface area contributed by atoms with Crippen LogP contribution in [0.4, 0.5) is 10.1 Å². The third kappa shape index (κ3) is 5.02. The predicted molar refractivity (Wildman–Crippen MR) is 107 cm³/mol. The Morgan fingerprint density at radius 3 is 2.75 bits per heavy atom. The number of aromatic nitrogens is 3. The summed E-state index contributed by atoms with van der Waals surface area (Å²) in [5.74, 6) is 0.822. The number of anilines is 1. The maximum Gasteiger partial charge on any atom is 0.234 e. The second-order valence-electron chi connectivity index (χ2n) is 5.95. The molecule has 3 rings (SSSR count). The molecule has 1 heterocycles. The Morgan fingerprint density at radius 1 is 1.25 bits per heavy atom. The SMILES string of the molecule is Cc1c(Cl)cccc1NC(=O)CSc1nnc(COc2ccc(F)cc2)n1C. The standard InChI is InChI=1S/C19H18ClFN4O2S/c1-12-15(20)4-3-5-16(12)22-18(26)11-28-19-24-23-17(25(19)2)10-27-14-8-6-13(21)7-9-14/h3-9H,10-11H2,1-2H3,(H,22,26). The van der Waals surface area contributed by atoms with Gasteiger partial charge in [0.15, 0.2) is 11.0 Å². The van der Waals surface area contributed by atoms with E-state index in [0.717, 1.165) is 5.56 Å². The molecular formula is C19H18ClFN4O2S. The molecule has 3 aromatic rings. The molecule has 0 aliphatic heterocycles. The van der Waals surface area contributed by atoms with Crippen LogP contribution in [0, 0.1) is 12.7 Å². The first-order valence-electron chi connectivity index (χ1n) is 8.38. The molecule has 0 aliphatic carbocycles. The van der Waals surface area contributed by atoms with Crippen molar-refractivity contribution >= 4 is 35.0 Å². The van der Waals surface area contributed by atoms with Crippen molar-refractivity contribution in [2.24, 2.45) is 7.05 Å². The van der Waals surface area contributed by atoms with Gasteiger partial charge in [-0.25, -0.2) is 4.39 Å². The van der Waals surface area contributed by atoms with Crippen molar-refractivity contribution in [1.82, 2.24) is 14.8 Å². The minimum atomic E-state index is -0.323. The predicted octanol–water partition coefficient (Wildman–Crippen LogP) is 4.23. The van der Waals surface area contributed by atoms with Gasteiger partial charge >= 0.3 is 0 Å². The Bertz CT molecular complexity index is 979. The summed E-state index contributed by atoms with van der Waals surface area (Å²) in [4.78, 5) is 12.2. The van der Waals surface area contributed by atoms with Crippen LogP contribution in [0.15, 0.2) is 47.6 Å². The van der Waals surface area contributed by atoms with Crippen LogP contribution in [-0.2, 0) is 18.4 Å². The summed E-state index contributed by atoms with van der Waals surface area (Å²) in [6.07, 6.45) is 0. The number of carbonyl (C=O) groups excluding carboxylic acids is 1. The van der Waals surface area contributed by atoms with Crippen molar-refractivity contribution in [2.45, 2.75) is 18.7 Å². The number of hydrogen-bond acceptors (Lipinski definition) is 5. The van der Waals surface area contributed by atoms with E-state index >= 15 is 0 Å². The van der Waals surface area contributed by atoms with Crippen molar-refractivity contribution in [3.05, 3.63) is 64.7 Å². The van der Waals surface area contributed by atoms with Gasteiger partial charge in [-0.2, -0.15) is 0 Å². The fourth-order valence-corrected chi connectivity index (χ4v) is 3.24. The Morgan fingerprint density at radius 2 is 2.00 bits per heavy atom. The normalized spacial score (nSPS) is 10.7. The molecule has 6 nitrogen and oxygen atoms in total. The van der Waals surface area contributed by atoms with E-state index in [0.29, 0.717) is 27.4 Å². The monoisotopic (exact) mass is 420 g/mol. The van der Waals surface area contributed by atoms with Gasteiger partial charge in [0.1, 0.15) is 18.2 Å². The Labute approximate surface area is 171 Å². The molecule has 0 radical (unpaired) electrons. The first kappa shape index (κ1) is 20.2. The number of halogens is 2. The smallest absolute Gasteiger partial charge is 0.234 e. The Balaban J connectivity index is 1.54. The lowest BCUT2D eigenvalue weighted by Crippen LogP contribution is -2.15. The summed E-state index contributed by atoms with van der Waals surface area (Å²) in [6, 6.07) is 11.1. The van der Waals surface area contributed by atoms with E-state index in [-0.39, 0.29) is 24.1 Å². The van der Waals surface area contributed by atoms with Crippen LogP contribution in [0.3, 0.4) is 0 Å². The number of carbonyl (C=O) groups is 1. The number of ether oxygens (including phenoxy) is 1. The zero-order valence-corrected chi connectivity index (χ0v) is 16.9. The number of nitrogens with one attached hydrogen (secondary N) is 1. The van der Waals surface area contributed by atoms with E-state index < -0.39 is 0 Å². The van der Waals surface area contributed by atoms with Gasteiger partial charge in [0.05, 0.1) is 5.75 Å². The molecule has 28 heavy (non-hydrogen) atoms. The van der Waals surface area contributed by atoms with Gasteiger partial charge in [0.25, 0.3) is 0 Å². The third-order valence-corrected chi connectivity index (χ3v) is 5.41.